The largest absolute Gasteiger partial charge is 0.465 e. The molecule has 0 fully saturated rings. The highest BCUT2D eigenvalue weighted by Crippen LogP contribution is 2.19. The molecule has 3 aromatic rings. The summed E-state index contributed by atoms with van der Waals surface area (Å²) in [6, 6.07) is 14.8. The van der Waals surface area contributed by atoms with E-state index in [0.717, 1.165) is 22.3 Å². The molecule has 0 saturated carbocycles. The van der Waals surface area contributed by atoms with Gasteiger partial charge in [-0.1, -0.05) is 18.2 Å². The van der Waals surface area contributed by atoms with Gasteiger partial charge in [-0.05, 0) is 41.9 Å². The van der Waals surface area contributed by atoms with Crippen molar-refractivity contribution in [3.63, 3.8) is 0 Å². The van der Waals surface area contributed by atoms with Crippen molar-refractivity contribution in [3.05, 3.63) is 65.1 Å². The van der Waals surface area contributed by atoms with Crippen molar-refractivity contribution in [1.82, 2.24) is 9.97 Å². The van der Waals surface area contributed by atoms with Crippen molar-refractivity contribution in [2.45, 2.75) is 6.54 Å². The Balaban J connectivity index is 1.79. The Kier molecular flexibility index (Phi) is 4.39. The van der Waals surface area contributed by atoms with Crippen LogP contribution in [-0.4, -0.2) is 23.0 Å². The molecule has 0 radical (unpaired) electrons. The molecule has 1 aromatic heterocycles. The number of hydrogen-bond acceptors (Lipinski definition) is 5. The van der Waals surface area contributed by atoms with Gasteiger partial charge in [0, 0.05) is 11.1 Å². The Morgan fingerprint density at radius 2 is 1.87 bits per heavy atom. The van der Waals surface area contributed by atoms with Crippen LogP contribution in [0.3, 0.4) is 0 Å². The number of anilines is 1. The van der Waals surface area contributed by atoms with Gasteiger partial charge >= 0.3 is 5.97 Å². The van der Waals surface area contributed by atoms with Gasteiger partial charge < -0.3 is 10.1 Å². The second kappa shape index (κ2) is 6.62. The summed E-state index contributed by atoms with van der Waals surface area (Å²) in [5.74, 6) is -0.356. The average Bonchev–Trinajstić information content (AvgIpc) is 2.59. The molecule has 1 N–H and O–H groups in total. The number of esters is 1. The molecule has 0 bridgehead atoms. The Bertz CT molecular complexity index is 850. The molecule has 0 atom stereocenters. The summed E-state index contributed by atoms with van der Waals surface area (Å²) >= 11 is 5.98. The monoisotopic (exact) mass is 327 g/mol. The molecule has 0 amide bonds. The Labute approximate surface area is 138 Å². The maximum atomic E-state index is 11.4. The number of nitrogens with one attached hydrogen (secondary N) is 1. The lowest BCUT2D eigenvalue weighted by Gasteiger charge is -2.09. The van der Waals surface area contributed by atoms with Crippen LogP contribution in [0.15, 0.2) is 48.5 Å². The van der Waals surface area contributed by atoms with E-state index in [-0.39, 0.29) is 11.3 Å². The van der Waals surface area contributed by atoms with Gasteiger partial charge in [-0.15, -0.1) is 0 Å². The minimum atomic E-state index is -0.356. The summed E-state index contributed by atoms with van der Waals surface area (Å²) in [6.45, 7) is 0.500. The van der Waals surface area contributed by atoms with Crippen LogP contribution in [0.2, 0.25) is 5.28 Å². The molecule has 0 unspecified atom stereocenters. The fraction of sp³-hybridized carbons (Fsp3) is 0.118. The maximum absolute atomic E-state index is 11.4. The number of methoxy groups -OCH3 is 1. The number of rotatable bonds is 4. The van der Waals surface area contributed by atoms with E-state index in [9.17, 15) is 4.79 Å². The van der Waals surface area contributed by atoms with E-state index >= 15 is 0 Å². The molecule has 1 heterocycles. The van der Waals surface area contributed by atoms with Gasteiger partial charge in [0.1, 0.15) is 0 Å². The van der Waals surface area contributed by atoms with Crippen molar-refractivity contribution in [2.75, 3.05) is 12.4 Å². The van der Waals surface area contributed by atoms with Gasteiger partial charge in [0.25, 0.3) is 0 Å². The number of fused-ring (bicyclic) bond motifs is 1. The zero-order valence-corrected chi connectivity index (χ0v) is 13.2. The molecule has 6 heteroatoms. The molecule has 0 aliphatic carbocycles. The molecular weight excluding hydrogens is 314 g/mol. The fourth-order valence-corrected chi connectivity index (χ4v) is 2.47. The second-order valence-corrected chi connectivity index (χ2v) is 5.22. The number of hydrogen-bond donors (Lipinski definition) is 1. The molecule has 116 valence electrons. The van der Waals surface area contributed by atoms with Crippen LogP contribution in [0, 0.1) is 0 Å². The number of ether oxygens (including phenoxy) is 1. The number of carbonyl (C=O) groups excluding carboxylic acids is 1. The highest BCUT2D eigenvalue weighted by atomic mass is 35.5. The van der Waals surface area contributed by atoms with Crippen molar-refractivity contribution in [3.8, 4) is 0 Å². The van der Waals surface area contributed by atoms with Crippen LogP contribution >= 0.6 is 11.6 Å². The highest BCUT2D eigenvalue weighted by Gasteiger charge is 2.07. The number of aromatic nitrogens is 2. The molecule has 23 heavy (non-hydrogen) atoms. The number of carbonyl (C=O) groups is 1. The lowest BCUT2D eigenvalue weighted by atomic mass is 10.1. The molecular formula is C17H14ClN3O2. The first-order valence-corrected chi connectivity index (χ1v) is 7.38. The van der Waals surface area contributed by atoms with Gasteiger partial charge in [0.05, 0.1) is 30.4 Å². The minimum absolute atomic E-state index is 0.224. The first-order chi connectivity index (χ1) is 11.2. The summed E-state index contributed by atoms with van der Waals surface area (Å²) in [7, 11) is 1.36. The Hall–Kier alpha value is -2.66. The quantitative estimate of drug-likeness (QED) is 0.585. The lowest BCUT2D eigenvalue weighted by molar-refractivity contribution is 0.0601. The minimum Gasteiger partial charge on any atom is -0.465 e. The molecule has 5 nitrogen and oxygen atoms in total. The lowest BCUT2D eigenvalue weighted by Crippen LogP contribution is -2.05. The van der Waals surface area contributed by atoms with E-state index < -0.39 is 0 Å². The zero-order chi connectivity index (χ0) is 16.2. The number of halogens is 1. The zero-order valence-electron chi connectivity index (χ0n) is 12.4. The number of nitrogens with zero attached hydrogens (tertiary/aromatic N) is 2. The third-order valence-corrected chi connectivity index (χ3v) is 3.59. The average molecular weight is 328 g/mol. The van der Waals surface area contributed by atoms with Crippen molar-refractivity contribution < 1.29 is 9.53 Å². The van der Waals surface area contributed by atoms with Gasteiger partial charge in [0.15, 0.2) is 0 Å². The van der Waals surface area contributed by atoms with Crippen LogP contribution in [-0.2, 0) is 11.3 Å². The van der Waals surface area contributed by atoms with Crippen LogP contribution in [0.1, 0.15) is 16.1 Å². The SMILES string of the molecule is COC(=O)c1ccc(NCc2nc(Cl)nc3ccccc23)cc1. The Morgan fingerprint density at radius 1 is 1.13 bits per heavy atom. The fourth-order valence-electron chi connectivity index (χ4n) is 2.27. The smallest absolute Gasteiger partial charge is 0.337 e. The van der Waals surface area contributed by atoms with Gasteiger partial charge in [-0.3, -0.25) is 0 Å². The molecule has 2 aromatic carbocycles. The third kappa shape index (κ3) is 3.40. The van der Waals surface area contributed by atoms with Gasteiger partial charge in [-0.25, -0.2) is 14.8 Å². The van der Waals surface area contributed by atoms with E-state index in [1.165, 1.54) is 7.11 Å². The predicted molar refractivity (Wildman–Crippen MR) is 89.7 cm³/mol. The van der Waals surface area contributed by atoms with Crippen LogP contribution in [0.4, 0.5) is 5.69 Å². The summed E-state index contributed by atoms with van der Waals surface area (Å²) in [4.78, 5) is 19.9. The summed E-state index contributed by atoms with van der Waals surface area (Å²) < 4.78 is 4.68. The number of para-hydroxylation sites is 1. The Morgan fingerprint density at radius 3 is 2.61 bits per heavy atom. The molecule has 0 spiro atoms. The van der Waals surface area contributed by atoms with Gasteiger partial charge in [-0.2, -0.15) is 0 Å². The van der Waals surface area contributed by atoms with E-state index in [4.69, 9.17) is 11.6 Å². The predicted octanol–water partition coefficient (Wildman–Crippen LogP) is 3.68. The summed E-state index contributed by atoms with van der Waals surface area (Å²) in [5, 5.41) is 4.44. The maximum Gasteiger partial charge on any atom is 0.337 e. The first kappa shape index (κ1) is 15.2. The first-order valence-electron chi connectivity index (χ1n) is 7.01. The molecule has 0 saturated heterocycles. The topological polar surface area (TPSA) is 64.1 Å². The standard InChI is InChI=1S/C17H14ClN3O2/c1-23-16(22)11-6-8-12(9-7-11)19-10-15-13-4-2-3-5-14(13)20-17(18)21-15/h2-9,19H,10H2,1H3. The highest BCUT2D eigenvalue weighted by molar-refractivity contribution is 6.28. The van der Waals surface area contributed by atoms with E-state index in [1.54, 1.807) is 12.1 Å². The van der Waals surface area contributed by atoms with Crippen LogP contribution in [0.25, 0.3) is 10.9 Å². The number of benzene rings is 2. The van der Waals surface area contributed by atoms with Crippen LogP contribution < -0.4 is 5.32 Å². The second-order valence-electron chi connectivity index (χ2n) is 4.88. The van der Waals surface area contributed by atoms with E-state index in [0.29, 0.717) is 12.1 Å². The normalized spacial score (nSPS) is 10.5. The van der Waals surface area contributed by atoms with Crippen molar-refractivity contribution >= 4 is 34.2 Å². The molecule has 3 rings (SSSR count). The van der Waals surface area contributed by atoms with Crippen LogP contribution in [0.5, 0.6) is 0 Å². The summed E-state index contributed by atoms with van der Waals surface area (Å²) in [6.07, 6.45) is 0. The van der Waals surface area contributed by atoms with Crippen molar-refractivity contribution in [2.24, 2.45) is 0 Å². The van der Waals surface area contributed by atoms with E-state index in [2.05, 4.69) is 20.0 Å². The summed E-state index contributed by atoms with van der Waals surface area (Å²) in [5.41, 5.74) is 3.01. The van der Waals surface area contributed by atoms with Crippen molar-refractivity contribution in [1.29, 1.82) is 0 Å². The molecule has 0 aliphatic heterocycles. The third-order valence-electron chi connectivity index (χ3n) is 3.42. The van der Waals surface area contributed by atoms with Gasteiger partial charge in [0.2, 0.25) is 5.28 Å². The molecule has 0 aliphatic rings. The van der Waals surface area contributed by atoms with E-state index in [1.807, 2.05) is 36.4 Å².